The zero-order valence-electron chi connectivity index (χ0n) is 10.2. The minimum absolute atomic E-state index is 0.202. The average Bonchev–Trinajstić information content (AvgIpc) is 2.89. The highest BCUT2D eigenvalue weighted by Crippen LogP contribution is 2.24. The van der Waals surface area contributed by atoms with Crippen molar-refractivity contribution in [3.8, 4) is 11.4 Å². The number of aromatic nitrogens is 2. The lowest BCUT2D eigenvalue weighted by Crippen LogP contribution is -2.40. The van der Waals surface area contributed by atoms with Crippen LogP contribution >= 0.6 is 11.5 Å². The first-order chi connectivity index (χ1) is 9.14. The summed E-state index contributed by atoms with van der Waals surface area (Å²) in [5.74, 6) is 1.11. The van der Waals surface area contributed by atoms with Gasteiger partial charge in [0.1, 0.15) is 0 Å². The van der Waals surface area contributed by atoms with E-state index in [1.54, 1.807) is 0 Å². The SMILES string of the molecule is O=S1(=O)CCN(c2nc(-c3ccccc3)ns2)CC1. The van der Waals surface area contributed by atoms with E-state index >= 15 is 0 Å². The highest BCUT2D eigenvalue weighted by Gasteiger charge is 2.24. The summed E-state index contributed by atoms with van der Waals surface area (Å²) in [6.45, 7) is 1.01. The predicted octanol–water partition coefficient (Wildman–Crippen LogP) is 1.44. The summed E-state index contributed by atoms with van der Waals surface area (Å²) in [6, 6.07) is 9.78. The van der Waals surface area contributed by atoms with Crippen LogP contribution in [0, 0.1) is 0 Å². The fourth-order valence-electron chi connectivity index (χ4n) is 1.95. The van der Waals surface area contributed by atoms with Crippen LogP contribution < -0.4 is 4.90 Å². The maximum Gasteiger partial charge on any atom is 0.205 e. The minimum Gasteiger partial charge on any atom is -0.345 e. The van der Waals surface area contributed by atoms with Crippen LogP contribution in [-0.2, 0) is 9.84 Å². The maximum absolute atomic E-state index is 11.4. The molecule has 1 aliphatic heterocycles. The van der Waals surface area contributed by atoms with Gasteiger partial charge in [0, 0.05) is 30.2 Å². The van der Waals surface area contributed by atoms with Crippen LogP contribution in [0.5, 0.6) is 0 Å². The van der Waals surface area contributed by atoms with Gasteiger partial charge in [-0.1, -0.05) is 30.3 Å². The number of rotatable bonds is 2. The fourth-order valence-corrected chi connectivity index (χ4v) is 3.89. The molecule has 7 heteroatoms. The van der Waals surface area contributed by atoms with Crippen molar-refractivity contribution >= 4 is 26.5 Å². The van der Waals surface area contributed by atoms with Gasteiger partial charge in [-0.15, -0.1) is 0 Å². The smallest absolute Gasteiger partial charge is 0.205 e. The number of hydrogen-bond donors (Lipinski definition) is 0. The first-order valence-corrected chi connectivity index (χ1v) is 8.58. The van der Waals surface area contributed by atoms with Gasteiger partial charge in [-0.3, -0.25) is 0 Å². The molecule has 0 bridgehead atoms. The molecular weight excluding hydrogens is 282 g/mol. The van der Waals surface area contributed by atoms with E-state index in [4.69, 9.17) is 0 Å². The summed E-state index contributed by atoms with van der Waals surface area (Å²) in [5, 5.41) is 0.800. The molecule has 0 aliphatic carbocycles. The van der Waals surface area contributed by atoms with Gasteiger partial charge < -0.3 is 4.90 Å². The van der Waals surface area contributed by atoms with Gasteiger partial charge >= 0.3 is 0 Å². The van der Waals surface area contributed by atoms with E-state index in [0.29, 0.717) is 18.9 Å². The second-order valence-corrected chi connectivity index (χ2v) is 7.44. The summed E-state index contributed by atoms with van der Waals surface area (Å²) in [4.78, 5) is 6.48. The Morgan fingerprint density at radius 1 is 1.11 bits per heavy atom. The van der Waals surface area contributed by atoms with Crippen LogP contribution in [0.4, 0.5) is 5.13 Å². The normalized spacial score (nSPS) is 18.4. The van der Waals surface area contributed by atoms with Crippen molar-refractivity contribution in [2.75, 3.05) is 29.5 Å². The molecule has 0 atom stereocenters. The molecule has 2 aromatic rings. The topological polar surface area (TPSA) is 63.2 Å². The van der Waals surface area contributed by atoms with Crippen molar-refractivity contribution in [3.63, 3.8) is 0 Å². The Hall–Kier alpha value is -1.47. The van der Waals surface area contributed by atoms with Crippen LogP contribution in [0.15, 0.2) is 30.3 Å². The van der Waals surface area contributed by atoms with Crippen LogP contribution in [0.1, 0.15) is 0 Å². The van der Waals surface area contributed by atoms with Crippen molar-refractivity contribution < 1.29 is 8.42 Å². The van der Waals surface area contributed by atoms with Crippen LogP contribution in [0.25, 0.3) is 11.4 Å². The van der Waals surface area contributed by atoms with Crippen LogP contribution in [0.3, 0.4) is 0 Å². The second-order valence-electron chi connectivity index (χ2n) is 4.41. The molecule has 0 saturated carbocycles. The molecule has 0 spiro atoms. The van der Waals surface area contributed by atoms with Gasteiger partial charge in [0.25, 0.3) is 0 Å². The summed E-state index contributed by atoms with van der Waals surface area (Å²) >= 11 is 1.32. The molecule has 100 valence electrons. The molecule has 0 amide bonds. The Kier molecular flexibility index (Phi) is 3.24. The third kappa shape index (κ3) is 2.76. The number of nitrogens with zero attached hydrogens (tertiary/aromatic N) is 3. The lowest BCUT2D eigenvalue weighted by molar-refractivity contribution is 0.586. The fraction of sp³-hybridized carbons (Fsp3) is 0.333. The van der Waals surface area contributed by atoms with Gasteiger partial charge in [-0.05, 0) is 0 Å². The lowest BCUT2D eigenvalue weighted by Gasteiger charge is -2.25. The summed E-state index contributed by atoms with van der Waals surface area (Å²) in [6.07, 6.45) is 0. The number of hydrogen-bond acceptors (Lipinski definition) is 6. The molecule has 3 rings (SSSR count). The lowest BCUT2D eigenvalue weighted by atomic mass is 10.2. The van der Waals surface area contributed by atoms with Crippen molar-refractivity contribution in [2.45, 2.75) is 0 Å². The van der Waals surface area contributed by atoms with Gasteiger partial charge in [0.05, 0.1) is 11.5 Å². The Bertz CT molecular complexity index is 653. The van der Waals surface area contributed by atoms with Gasteiger partial charge in [-0.2, -0.15) is 9.36 Å². The van der Waals surface area contributed by atoms with E-state index < -0.39 is 9.84 Å². The first kappa shape index (κ1) is 12.6. The highest BCUT2D eigenvalue weighted by atomic mass is 32.2. The zero-order chi connectivity index (χ0) is 13.3. The molecule has 1 fully saturated rings. The molecule has 1 aromatic heterocycles. The van der Waals surface area contributed by atoms with E-state index in [1.165, 1.54) is 11.5 Å². The van der Waals surface area contributed by atoms with Gasteiger partial charge in [0.15, 0.2) is 15.7 Å². The van der Waals surface area contributed by atoms with E-state index in [-0.39, 0.29) is 11.5 Å². The van der Waals surface area contributed by atoms with E-state index in [2.05, 4.69) is 9.36 Å². The van der Waals surface area contributed by atoms with Crippen LogP contribution in [0.2, 0.25) is 0 Å². The summed E-state index contributed by atoms with van der Waals surface area (Å²) in [7, 11) is -2.85. The summed E-state index contributed by atoms with van der Waals surface area (Å²) < 4.78 is 27.1. The van der Waals surface area contributed by atoms with E-state index in [9.17, 15) is 8.42 Å². The van der Waals surface area contributed by atoms with E-state index in [0.717, 1.165) is 10.7 Å². The Labute approximate surface area is 116 Å². The predicted molar refractivity (Wildman–Crippen MR) is 76.2 cm³/mol. The number of anilines is 1. The molecule has 0 unspecified atom stereocenters. The molecule has 1 aromatic carbocycles. The molecule has 2 heterocycles. The number of benzene rings is 1. The third-order valence-corrected chi connectivity index (χ3v) is 5.45. The van der Waals surface area contributed by atoms with Crippen molar-refractivity contribution in [2.24, 2.45) is 0 Å². The van der Waals surface area contributed by atoms with Gasteiger partial charge in [0.2, 0.25) is 5.13 Å². The Morgan fingerprint density at radius 2 is 1.79 bits per heavy atom. The standard InChI is InChI=1S/C12H13N3O2S2/c16-19(17)8-6-15(7-9-19)12-13-11(14-18-12)10-4-2-1-3-5-10/h1-5H,6-9H2. The maximum atomic E-state index is 11.4. The molecule has 19 heavy (non-hydrogen) atoms. The molecule has 0 N–H and O–H groups in total. The molecule has 1 aliphatic rings. The minimum atomic E-state index is -2.85. The molecule has 1 saturated heterocycles. The first-order valence-electron chi connectivity index (χ1n) is 5.98. The second kappa shape index (κ2) is 4.90. The average molecular weight is 295 g/mol. The van der Waals surface area contributed by atoms with Crippen LogP contribution in [-0.4, -0.2) is 42.4 Å². The molecule has 0 radical (unpaired) electrons. The van der Waals surface area contributed by atoms with Crippen molar-refractivity contribution in [3.05, 3.63) is 30.3 Å². The molecule has 5 nitrogen and oxygen atoms in total. The van der Waals surface area contributed by atoms with Crippen molar-refractivity contribution in [1.82, 2.24) is 9.36 Å². The largest absolute Gasteiger partial charge is 0.345 e. The number of sulfone groups is 1. The summed E-state index contributed by atoms with van der Waals surface area (Å²) in [5.41, 5.74) is 0.981. The van der Waals surface area contributed by atoms with Crippen molar-refractivity contribution in [1.29, 1.82) is 0 Å². The van der Waals surface area contributed by atoms with E-state index in [1.807, 2.05) is 35.2 Å². The van der Waals surface area contributed by atoms with Gasteiger partial charge in [-0.25, -0.2) is 8.42 Å². The Morgan fingerprint density at radius 3 is 2.47 bits per heavy atom. The zero-order valence-corrected chi connectivity index (χ0v) is 11.8. The Balaban J connectivity index is 1.79. The highest BCUT2D eigenvalue weighted by molar-refractivity contribution is 7.91. The third-order valence-electron chi connectivity index (χ3n) is 3.06. The molecular formula is C12H13N3O2S2. The quantitative estimate of drug-likeness (QED) is 0.839. The monoisotopic (exact) mass is 295 g/mol.